The summed E-state index contributed by atoms with van der Waals surface area (Å²) in [4.78, 5) is 57.3. The van der Waals surface area contributed by atoms with Gasteiger partial charge < -0.3 is 19.5 Å². The van der Waals surface area contributed by atoms with Gasteiger partial charge in [0.25, 0.3) is 11.4 Å². The number of nitro groups is 2. The molecule has 186 valence electrons. The van der Waals surface area contributed by atoms with Crippen molar-refractivity contribution in [2.75, 3.05) is 0 Å². The van der Waals surface area contributed by atoms with Crippen molar-refractivity contribution in [3.8, 4) is 11.5 Å². The third-order valence-electron chi connectivity index (χ3n) is 4.16. The van der Waals surface area contributed by atoms with E-state index in [-0.39, 0.29) is 35.7 Å². The smallest absolute Gasteiger partial charge is 0.408 e. The minimum Gasteiger partial charge on any atom is -0.444 e. The number of nitrogens with one attached hydrogen (secondary N) is 1. The second-order valence-electron chi connectivity index (χ2n) is 8.13. The Hall–Kier alpha value is -4.55. The highest BCUT2D eigenvalue weighted by Crippen LogP contribution is 2.20. The molecule has 35 heavy (non-hydrogen) atoms. The molecule has 0 aliphatic heterocycles. The minimum absolute atomic E-state index is 0.00922. The van der Waals surface area contributed by atoms with Crippen LogP contribution < -0.4 is 14.8 Å². The number of benzene rings is 2. The Balaban J connectivity index is 2.05. The number of hydrogen-bond donors (Lipinski definition) is 1. The largest absolute Gasteiger partial charge is 0.444 e. The van der Waals surface area contributed by atoms with Gasteiger partial charge in [-0.15, -0.1) is 0 Å². The van der Waals surface area contributed by atoms with Crippen LogP contribution in [-0.4, -0.2) is 39.5 Å². The summed E-state index contributed by atoms with van der Waals surface area (Å²) in [7, 11) is 0. The van der Waals surface area contributed by atoms with Crippen molar-refractivity contribution in [1.29, 1.82) is 0 Å². The number of nitro benzene ring substituents is 2. The molecular formula is C22H23N3O10. The summed E-state index contributed by atoms with van der Waals surface area (Å²) in [6, 6.07) is 8.21. The molecule has 0 aliphatic rings. The van der Waals surface area contributed by atoms with Gasteiger partial charge in [0, 0.05) is 30.7 Å². The third-order valence-corrected chi connectivity index (χ3v) is 4.16. The quantitative estimate of drug-likeness (QED) is 0.236. The fraction of sp³-hybridized carbons (Fsp3) is 0.318. The summed E-state index contributed by atoms with van der Waals surface area (Å²) >= 11 is 0. The van der Waals surface area contributed by atoms with Gasteiger partial charge in [0.1, 0.15) is 23.1 Å². The number of nitrogens with zero attached hydrogens (tertiary/aromatic N) is 2. The summed E-state index contributed by atoms with van der Waals surface area (Å²) in [6.45, 7) is 4.87. The normalized spacial score (nSPS) is 11.6. The molecule has 1 N–H and O–H groups in total. The number of ether oxygens (including phenoxy) is 3. The molecule has 2 aromatic carbocycles. The standard InChI is InChI=1S/C22H23N3O10/c1-22(2,3)35-21(28)23-18(20(27)34-17-10-6-15(7-11-17)25(31)32)12-13-19(26)33-16-8-4-14(5-9-16)24(29)30/h4-11,18H,12-13H2,1-3H3,(H,23,28)/t18-/m0/s1. The van der Waals surface area contributed by atoms with Crippen molar-refractivity contribution >= 4 is 29.4 Å². The second-order valence-corrected chi connectivity index (χ2v) is 8.13. The van der Waals surface area contributed by atoms with Crippen LogP contribution in [0.5, 0.6) is 11.5 Å². The molecule has 2 rings (SSSR count). The molecule has 0 saturated carbocycles. The van der Waals surface area contributed by atoms with E-state index in [9.17, 15) is 34.6 Å². The lowest BCUT2D eigenvalue weighted by molar-refractivity contribution is -0.385. The highest BCUT2D eigenvalue weighted by atomic mass is 16.6. The van der Waals surface area contributed by atoms with Crippen LogP contribution in [0.3, 0.4) is 0 Å². The maximum atomic E-state index is 12.7. The van der Waals surface area contributed by atoms with Crippen LogP contribution >= 0.6 is 0 Å². The molecule has 0 aliphatic carbocycles. The van der Waals surface area contributed by atoms with Gasteiger partial charge in [-0.1, -0.05) is 0 Å². The first-order valence-corrected chi connectivity index (χ1v) is 10.2. The van der Waals surface area contributed by atoms with Crippen LogP contribution in [0.2, 0.25) is 0 Å². The van der Waals surface area contributed by atoms with Crippen LogP contribution in [0.25, 0.3) is 0 Å². The maximum Gasteiger partial charge on any atom is 0.408 e. The van der Waals surface area contributed by atoms with E-state index in [1.807, 2.05) is 0 Å². The fourth-order valence-corrected chi connectivity index (χ4v) is 2.60. The SMILES string of the molecule is CC(C)(C)OC(=O)N[C@@H](CCC(=O)Oc1ccc([N+](=O)[O-])cc1)C(=O)Oc1ccc([N+](=O)[O-])cc1. The van der Waals surface area contributed by atoms with Crippen molar-refractivity contribution in [3.05, 3.63) is 68.8 Å². The Morgan fingerprint density at radius 3 is 1.74 bits per heavy atom. The molecule has 1 amide bonds. The van der Waals surface area contributed by atoms with Gasteiger partial charge in [-0.25, -0.2) is 9.59 Å². The highest BCUT2D eigenvalue weighted by Gasteiger charge is 2.27. The Bertz CT molecular complexity index is 1090. The molecule has 13 nitrogen and oxygen atoms in total. The van der Waals surface area contributed by atoms with Crippen molar-refractivity contribution in [1.82, 2.24) is 5.32 Å². The Morgan fingerprint density at radius 1 is 0.857 bits per heavy atom. The van der Waals surface area contributed by atoms with Crippen LogP contribution in [0, 0.1) is 20.2 Å². The van der Waals surface area contributed by atoms with Crippen LogP contribution in [-0.2, 0) is 14.3 Å². The Kier molecular flexibility index (Phi) is 8.80. The van der Waals surface area contributed by atoms with Gasteiger partial charge in [-0.3, -0.25) is 25.0 Å². The van der Waals surface area contributed by atoms with E-state index < -0.39 is 39.5 Å². The average Bonchev–Trinajstić information content (AvgIpc) is 2.76. The molecule has 0 aromatic heterocycles. The van der Waals surface area contributed by atoms with Gasteiger partial charge in [0.15, 0.2) is 0 Å². The van der Waals surface area contributed by atoms with Crippen LogP contribution in [0.4, 0.5) is 16.2 Å². The fourth-order valence-electron chi connectivity index (χ4n) is 2.60. The number of carbonyl (C=O) groups excluding carboxylic acids is 3. The van der Waals surface area contributed by atoms with E-state index >= 15 is 0 Å². The summed E-state index contributed by atoms with van der Waals surface area (Å²) < 4.78 is 15.4. The van der Waals surface area contributed by atoms with E-state index in [0.717, 1.165) is 24.3 Å². The minimum atomic E-state index is -1.32. The third kappa shape index (κ3) is 9.07. The number of non-ortho nitro benzene ring substituents is 2. The molecule has 0 spiro atoms. The van der Waals surface area contributed by atoms with Crippen molar-refractivity contribution in [2.45, 2.75) is 45.3 Å². The lowest BCUT2D eigenvalue weighted by Gasteiger charge is -2.22. The van der Waals surface area contributed by atoms with Crippen molar-refractivity contribution < 1.29 is 38.4 Å². The first-order valence-electron chi connectivity index (χ1n) is 10.2. The van der Waals surface area contributed by atoms with E-state index in [1.54, 1.807) is 20.8 Å². The average molecular weight is 489 g/mol. The highest BCUT2D eigenvalue weighted by molar-refractivity contribution is 5.84. The monoisotopic (exact) mass is 489 g/mol. The van der Waals surface area contributed by atoms with E-state index in [1.165, 1.54) is 24.3 Å². The summed E-state index contributed by atoms with van der Waals surface area (Å²) in [5, 5.41) is 23.8. The van der Waals surface area contributed by atoms with E-state index in [2.05, 4.69) is 5.32 Å². The molecule has 0 bridgehead atoms. The topological polar surface area (TPSA) is 177 Å². The second kappa shape index (κ2) is 11.5. The number of rotatable bonds is 9. The predicted molar refractivity (Wildman–Crippen MR) is 120 cm³/mol. The maximum absolute atomic E-state index is 12.7. The van der Waals surface area contributed by atoms with Crippen molar-refractivity contribution in [3.63, 3.8) is 0 Å². The molecule has 0 fully saturated rings. The molecule has 0 radical (unpaired) electrons. The number of hydrogen-bond acceptors (Lipinski definition) is 10. The summed E-state index contributed by atoms with van der Waals surface area (Å²) in [5.74, 6) is -1.65. The molecule has 2 aromatic rings. The first kappa shape index (κ1) is 26.7. The van der Waals surface area contributed by atoms with Gasteiger partial charge in [0.2, 0.25) is 0 Å². The predicted octanol–water partition coefficient (Wildman–Crippen LogP) is 3.69. The molecule has 13 heteroatoms. The molecule has 0 saturated heterocycles. The van der Waals surface area contributed by atoms with Gasteiger partial charge >= 0.3 is 18.0 Å². The van der Waals surface area contributed by atoms with Gasteiger partial charge in [-0.05, 0) is 51.5 Å². The van der Waals surface area contributed by atoms with E-state index in [4.69, 9.17) is 14.2 Å². The van der Waals surface area contributed by atoms with Gasteiger partial charge in [0.05, 0.1) is 9.85 Å². The molecule has 0 heterocycles. The number of alkyl carbamates (subject to hydrolysis) is 1. The van der Waals surface area contributed by atoms with E-state index in [0.29, 0.717) is 0 Å². The van der Waals surface area contributed by atoms with Crippen LogP contribution in [0.1, 0.15) is 33.6 Å². The summed E-state index contributed by atoms with van der Waals surface area (Å²) in [5.41, 5.74) is -1.24. The first-order chi connectivity index (χ1) is 16.3. The molecule has 0 unspecified atom stereocenters. The summed E-state index contributed by atoms with van der Waals surface area (Å²) in [6.07, 6.45) is -1.48. The Labute approximate surface area is 199 Å². The lowest BCUT2D eigenvalue weighted by atomic mass is 10.1. The molecule has 1 atom stereocenters. The molecular weight excluding hydrogens is 466 g/mol. The number of esters is 2. The number of amides is 1. The van der Waals surface area contributed by atoms with Crippen molar-refractivity contribution in [2.24, 2.45) is 0 Å². The zero-order chi connectivity index (χ0) is 26.2. The zero-order valence-electron chi connectivity index (χ0n) is 19.1. The Morgan fingerprint density at radius 2 is 1.31 bits per heavy atom. The van der Waals surface area contributed by atoms with Gasteiger partial charge in [-0.2, -0.15) is 0 Å². The zero-order valence-corrected chi connectivity index (χ0v) is 19.1. The number of carbonyl (C=O) groups is 3. The lowest BCUT2D eigenvalue weighted by Crippen LogP contribution is -2.45. The van der Waals surface area contributed by atoms with Crippen LogP contribution in [0.15, 0.2) is 48.5 Å².